The zero-order chi connectivity index (χ0) is 20.4. The van der Waals surface area contributed by atoms with Gasteiger partial charge in [0.25, 0.3) is 0 Å². The standard InChI is InChI=1S/C24H31N3O2/c1-27(2)20-11-7-16(8-12-20)18-6-10-19(14-18)25-24(29)26-23-5-3-4-17-9-13-21(28)15-22(17)23/h3-5,7-8,11-12,18-19,21,28H,6,9-10,13-15H2,1-2H3,(H2,25,26,29)/t18-,19?,21?/m0/s1. The molecule has 2 amide bonds. The van der Waals surface area contributed by atoms with E-state index in [2.05, 4.69) is 45.9 Å². The van der Waals surface area contributed by atoms with E-state index in [1.807, 2.05) is 26.2 Å². The Morgan fingerprint density at radius 1 is 1.07 bits per heavy atom. The Balaban J connectivity index is 1.34. The van der Waals surface area contributed by atoms with Crippen molar-refractivity contribution in [3.05, 3.63) is 59.2 Å². The van der Waals surface area contributed by atoms with Crippen LogP contribution < -0.4 is 15.5 Å². The van der Waals surface area contributed by atoms with Gasteiger partial charge in [-0.2, -0.15) is 0 Å². The molecule has 5 heteroatoms. The van der Waals surface area contributed by atoms with Gasteiger partial charge in [-0.1, -0.05) is 24.3 Å². The number of fused-ring (bicyclic) bond motifs is 1. The van der Waals surface area contributed by atoms with Gasteiger partial charge in [-0.15, -0.1) is 0 Å². The van der Waals surface area contributed by atoms with Crippen LogP contribution in [0.2, 0.25) is 0 Å². The Bertz CT molecular complexity index is 863. The smallest absolute Gasteiger partial charge is 0.319 e. The number of nitrogens with one attached hydrogen (secondary N) is 2. The van der Waals surface area contributed by atoms with Crippen LogP contribution in [0.25, 0.3) is 0 Å². The fourth-order valence-electron chi connectivity index (χ4n) is 4.69. The Hall–Kier alpha value is -2.53. The topological polar surface area (TPSA) is 64.6 Å². The second-order valence-corrected chi connectivity index (χ2v) is 8.63. The summed E-state index contributed by atoms with van der Waals surface area (Å²) in [6, 6.07) is 14.8. The van der Waals surface area contributed by atoms with Gasteiger partial charge in [0.15, 0.2) is 0 Å². The maximum Gasteiger partial charge on any atom is 0.319 e. The number of anilines is 2. The number of carbonyl (C=O) groups is 1. The normalized spacial score (nSPS) is 23.3. The van der Waals surface area contributed by atoms with E-state index in [9.17, 15) is 9.90 Å². The predicted molar refractivity (Wildman–Crippen MR) is 118 cm³/mol. The summed E-state index contributed by atoms with van der Waals surface area (Å²) in [7, 11) is 4.10. The van der Waals surface area contributed by atoms with E-state index in [1.165, 1.54) is 16.8 Å². The molecule has 2 unspecified atom stereocenters. The van der Waals surface area contributed by atoms with Gasteiger partial charge >= 0.3 is 6.03 Å². The number of nitrogens with zero attached hydrogens (tertiary/aromatic N) is 1. The van der Waals surface area contributed by atoms with Crippen molar-refractivity contribution in [2.75, 3.05) is 24.3 Å². The molecule has 0 bridgehead atoms. The van der Waals surface area contributed by atoms with E-state index in [0.29, 0.717) is 12.3 Å². The Kier molecular flexibility index (Phi) is 5.76. The van der Waals surface area contributed by atoms with E-state index < -0.39 is 0 Å². The van der Waals surface area contributed by atoms with Crippen LogP contribution in [0, 0.1) is 0 Å². The van der Waals surface area contributed by atoms with Crippen molar-refractivity contribution in [3.8, 4) is 0 Å². The zero-order valence-electron chi connectivity index (χ0n) is 17.3. The molecule has 29 heavy (non-hydrogen) atoms. The SMILES string of the molecule is CN(C)c1ccc([C@H]2CCC(NC(=O)Nc3cccc4c3CC(O)CC4)C2)cc1. The molecule has 0 radical (unpaired) electrons. The van der Waals surface area contributed by atoms with E-state index in [-0.39, 0.29) is 18.2 Å². The van der Waals surface area contributed by atoms with Gasteiger partial charge in [-0.3, -0.25) is 0 Å². The van der Waals surface area contributed by atoms with Crippen molar-refractivity contribution in [1.82, 2.24) is 5.32 Å². The van der Waals surface area contributed by atoms with Gasteiger partial charge in [0, 0.05) is 37.9 Å². The molecule has 1 saturated carbocycles. The first-order valence-electron chi connectivity index (χ1n) is 10.6. The molecule has 0 spiro atoms. The molecule has 2 aromatic rings. The molecule has 1 fully saturated rings. The highest BCUT2D eigenvalue weighted by atomic mass is 16.3. The van der Waals surface area contributed by atoms with E-state index in [4.69, 9.17) is 0 Å². The van der Waals surface area contributed by atoms with Crippen molar-refractivity contribution < 1.29 is 9.90 Å². The molecule has 0 aromatic heterocycles. The van der Waals surface area contributed by atoms with Gasteiger partial charge in [-0.05, 0) is 72.9 Å². The number of aliphatic hydroxyl groups excluding tert-OH is 1. The first-order chi connectivity index (χ1) is 14.0. The summed E-state index contributed by atoms with van der Waals surface area (Å²) in [6.07, 6.45) is 5.02. The summed E-state index contributed by atoms with van der Waals surface area (Å²) < 4.78 is 0. The lowest BCUT2D eigenvalue weighted by Gasteiger charge is -2.24. The monoisotopic (exact) mass is 393 g/mol. The quantitative estimate of drug-likeness (QED) is 0.734. The molecule has 0 saturated heterocycles. The van der Waals surface area contributed by atoms with Gasteiger partial charge in [0.05, 0.1) is 6.10 Å². The third kappa shape index (κ3) is 4.56. The Morgan fingerprint density at radius 2 is 1.86 bits per heavy atom. The van der Waals surface area contributed by atoms with Crippen LogP contribution in [-0.2, 0) is 12.8 Å². The lowest BCUT2D eigenvalue weighted by atomic mass is 9.88. The summed E-state index contributed by atoms with van der Waals surface area (Å²) in [4.78, 5) is 14.7. The molecule has 3 atom stereocenters. The second kappa shape index (κ2) is 8.46. The summed E-state index contributed by atoms with van der Waals surface area (Å²) in [5.41, 5.74) is 5.69. The fourth-order valence-corrected chi connectivity index (χ4v) is 4.69. The van der Waals surface area contributed by atoms with Gasteiger partial charge in [0.1, 0.15) is 0 Å². The average molecular weight is 394 g/mol. The number of aryl methyl sites for hydroxylation is 1. The van der Waals surface area contributed by atoms with Crippen molar-refractivity contribution in [3.63, 3.8) is 0 Å². The molecule has 2 aliphatic carbocycles. The number of carbonyl (C=O) groups excluding carboxylic acids is 1. The molecule has 154 valence electrons. The minimum Gasteiger partial charge on any atom is -0.393 e. The molecule has 2 aliphatic rings. The minimum absolute atomic E-state index is 0.146. The summed E-state index contributed by atoms with van der Waals surface area (Å²) in [6.45, 7) is 0. The number of benzene rings is 2. The summed E-state index contributed by atoms with van der Waals surface area (Å²) in [5, 5.41) is 16.2. The van der Waals surface area contributed by atoms with Crippen molar-refractivity contribution in [1.29, 1.82) is 0 Å². The van der Waals surface area contributed by atoms with E-state index in [1.54, 1.807) is 0 Å². The highest BCUT2D eigenvalue weighted by Crippen LogP contribution is 2.35. The number of urea groups is 1. The lowest BCUT2D eigenvalue weighted by molar-refractivity contribution is 0.159. The molecule has 5 nitrogen and oxygen atoms in total. The first kappa shape index (κ1) is 19.8. The molecule has 4 rings (SSSR count). The van der Waals surface area contributed by atoms with Crippen LogP contribution in [0.5, 0.6) is 0 Å². The predicted octanol–water partition coefficient (Wildman–Crippen LogP) is 4.06. The van der Waals surface area contributed by atoms with Gasteiger partial charge in [0.2, 0.25) is 0 Å². The number of hydrogen-bond acceptors (Lipinski definition) is 3. The molecular formula is C24H31N3O2. The lowest BCUT2D eigenvalue weighted by Crippen LogP contribution is -2.37. The Morgan fingerprint density at radius 3 is 2.62 bits per heavy atom. The van der Waals surface area contributed by atoms with Gasteiger partial charge in [-0.25, -0.2) is 4.79 Å². The van der Waals surface area contributed by atoms with Gasteiger partial charge < -0.3 is 20.6 Å². The number of rotatable bonds is 4. The maximum absolute atomic E-state index is 12.6. The molecular weight excluding hydrogens is 362 g/mol. The van der Waals surface area contributed by atoms with E-state index in [0.717, 1.165) is 43.4 Å². The average Bonchev–Trinajstić information content (AvgIpc) is 3.17. The van der Waals surface area contributed by atoms with Crippen LogP contribution in [0.3, 0.4) is 0 Å². The van der Waals surface area contributed by atoms with Crippen LogP contribution in [0.1, 0.15) is 48.3 Å². The minimum atomic E-state index is -0.317. The largest absolute Gasteiger partial charge is 0.393 e. The first-order valence-corrected chi connectivity index (χ1v) is 10.6. The van der Waals surface area contributed by atoms with Crippen molar-refractivity contribution >= 4 is 17.4 Å². The molecule has 0 heterocycles. The summed E-state index contributed by atoms with van der Waals surface area (Å²) in [5.74, 6) is 0.496. The Labute approximate surface area is 173 Å². The molecule has 0 aliphatic heterocycles. The second-order valence-electron chi connectivity index (χ2n) is 8.63. The third-order valence-electron chi connectivity index (χ3n) is 6.36. The highest BCUT2D eigenvalue weighted by molar-refractivity contribution is 5.90. The summed E-state index contributed by atoms with van der Waals surface area (Å²) >= 11 is 0. The molecule has 3 N–H and O–H groups in total. The third-order valence-corrected chi connectivity index (χ3v) is 6.36. The van der Waals surface area contributed by atoms with Crippen LogP contribution >= 0.6 is 0 Å². The van der Waals surface area contributed by atoms with Crippen LogP contribution in [-0.4, -0.2) is 37.4 Å². The maximum atomic E-state index is 12.6. The number of hydrogen-bond donors (Lipinski definition) is 3. The van der Waals surface area contributed by atoms with Crippen LogP contribution in [0.4, 0.5) is 16.2 Å². The van der Waals surface area contributed by atoms with Crippen molar-refractivity contribution in [2.45, 2.75) is 56.6 Å². The van der Waals surface area contributed by atoms with E-state index >= 15 is 0 Å². The van der Waals surface area contributed by atoms with Crippen molar-refractivity contribution in [2.24, 2.45) is 0 Å². The molecule has 2 aromatic carbocycles. The number of amides is 2. The zero-order valence-corrected chi connectivity index (χ0v) is 17.3. The van der Waals surface area contributed by atoms with Crippen LogP contribution in [0.15, 0.2) is 42.5 Å². The number of aliphatic hydroxyl groups is 1. The highest BCUT2D eigenvalue weighted by Gasteiger charge is 2.27. The fraction of sp³-hybridized carbons (Fsp3) is 0.458.